The Bertz CT molecular complexity index is 476. The van der Waals surface area contributed by atoms with Crippen LogP contribution < -0.4 is 4.74 Å². The number of ether oxygens (including phenoxy) is 2. The molecule has 0 aliphatic carbocycles. The van der Waals surface area contributed by atoms with Crippen LogP contribution in [0.2, 0.25) is 0 Å². The number of rotatable bonds is 14. The van der Waals surface area contributed by atoms with Crippen molar-refractivity contribution in [2.24, 2.45) is 0 Å². The van der Waals surface area contributed by atoms with E-state index in [1.54, 1.807) is 18.2 Å². The highest BCUT2D eigenvalue weighted by Gasteiger charge is 2.07. The number of carbonyl (C=O) groups excluding carboxylic acids is 1. The summed E-state index contributed by atoms with van der Waals surface area (Å²) in [5.41, 5.74) is 0.527. The molecule has 1 aromatic carbocycles. The Hall–Kier alpha value is -1.81. The van der Waals surface area contributed by atoms with E-state index < -0.39 is 0 Å². The lowest BCUT2D eigenvalue weighted by molar-refractivity contribution is 0.0549. The molecule has 0 radical (unpaired) electrons. The monoisotopic (exact) mass is 347 g/mol. The molecule has 0 bridgehead atoms. The Labute approximate surface area is 152 Å². The lowest BCUT2D eigenvalue weighted by atomic mass is 10.2. The Morgan fingerprint density at radius 2 is 1.64 bits per heavy atom. The van der Waals surface area contributed by atoms with E-state index in [1.165, 1.54) is 38.8 Å². The average molecular weight is 347 g/mol. The fourth-order valence-corrected chi connectivity index (χ4v) is 2.48. The molecule has 0 unspecified atom stereocenters. The molecule has 0 aromatic heterocycles. The Balaban J connectivity index is 2.32. The van der Waals surface area contributed by atoms with Crippen LogP contribution in [0.5, 0.6) is 5.75 Å². The molecular weight excluding hydrogens is 314 g/mol. The zero-order valence-corrected chi connectivity index (χ0v) is 15.8. The van der Waals surface area contributed by atoms with E-state index in [1.807, 2.05) is 12.1 Å². The number of benzene rings is 1. The highest BCUT2D eigenvalue weighted by atomic mass is 16.5. The molecule has 0 saturated heterocycles. The summed E-state index contributed by atoms with van der Waals surface area (Å²) < 4.78 is 10.8. The molecule has 0 saturated carbocycles. The normalized spacial score (nSPS) is 10.7. The average Bonchev–Trinajstić information content (AvgIpc) is 2.65. The van der Waals surface area contributed by atoms with Crippen LogP contribution in [-0.4, -0.2) is 43.7 Å². The molecule has 4 heteroatoms. The second-order valence-corrected chi connectivity index (χ2v) is 6.16. The summed E-state index contributed by atoms with van der Waals surface area (Å²) in [6.45, 7) is 12.3. The quantitative estimate of drug-likeness (QED) is 0.278. The maximum atomic E-state index is 11.7. The number of unbranched alkanes of at least 4 members (excludes halogenated alkanes) is 2. The first-order valence-corrected chi connectivity index (χ1v) is 9.44. The van der Waals surface area contributed by atoms with Crippen LogP contribution in [0.3, 0.4) is 0 Å². The van der Waals surface area contributed by atoms with Gasteiger partial charge in [0, 0.05) is 6.54 Å². The van der Waals surface area contributed by atoms with Crippen LogP contribution in [0.15, 0.2) is 36.9 Å². The summed E-state index contributed by atoms with van der Waals surface area (Å²) in [6.07, 6.45) is 7.56. The molecule has 140 valence electrons. The molecule has 0 atom stereocenters. The van der Waals surface area contributed by atoms with Crippen LogP contribution in [0.4, 0.5) is 0 Å². The van der Waals surface area contributed by atoms with Crippen molar-refractivity contribution in [3.8, 4) is 5.75 Å². The van der Waals surface area contributed by atoms with Crippen LogP contribution in [0, 0.1) is 0 Å². The minimum Gasteiger partial charge on any atom is -0.494 e. The third kappa shape index (κ3) is 9.30. The van der Waals surface area contributed by atoms with E-state index in [4.69, 9.17) is 9.47 Å². The molecular formula is C21H33NO3. The van der Waals surface area contributed by atoms with Crippen molar-refractivity contribution in [3.63, 3.8) is 0 Å². The van der Waals surface area contributed by atoms with Crippen LogP contribution >= 0.6 is 0 Å². The smallest absolute Gasteiger partial charge is 0.338 e. The van der Waals surface area contributed by atoms with E-state index in [2.05, 4.69) is 25.3 Å². The molecule has 0 amide bonds. The van der Waals surface area contributed by atoms with E-state index in [-0.39, 0.29) is 12.6 Å². The van der Waals surface area contributed by atoms with Crippen molar-refractivity contribution in [2.45, 2.75) is 46.0 Å². The number of carbonyl (C=O) groups is 1. The van der Waals surface area contributed by atoms with Crippen molar-refractivity contribution in [1.82, 2.24) is 4.90 Å². The number of esters is 1. The van der Waals surface area contributed by atoms with Gasteiger partial charge in [-0.2, -0.15) is 0 Å². The van der Waals surface area contributed by atoms with E-state index >= 15 is 0 Å². The second-order valence-electron chi connectivity index (χ2n) is 6.16. The molecule has 4 nitrogen and oxygen atoms in total. The van der Waals surface area contributed by atoms with Gasteiger partial charge in [-0.05, 0) is 56.6 Å². The summed E-state index contributed by atoms with van der Waals surface area (Å²) in [4.78, 5) is 14.2. The summed E-state index contributed by atoms with van der Waals surface area (Å²) in [5, 5.41) is 0. The highest BCUT2D eigenvalue weighted by Crippen LogP contribution is 2.13. The van der Waals surface area contributed by atoms with Gasteiger partial charge < -0.3 is 14.4 Å². The van der Waals surface area contributed by atoms with Crippen LogP contribution in [-0.2, 0) is 4.74 Å². The summed E-state index contributed by atoms with van der Waals surface area (Å²) in [7, 11) is 0. The van der Waals surface area contributed by atoms with Crippen LogP contribution in [0.1, 0.15) is 56.3 Å². The first-order valence-electron chi connectivity index (χ1n) is 9.44. The molecule has 0 heterocycles. The predicted molar refractivity (Wildman–Crippen MR) is 103 cm³/mol. The van der Waals surface area contributed by atoms with Gasteiger partial charge in [-0.15, -0.1) is 0 Å². The SMILES string of the molecule is C=CCOC(=O)c1ccc(OCCCN(CCCC)CCCC)cc1. The lowest BCUT2D eigenvalue weighted by Crippen LogP contribution is -2.28. The molecule has 0 aliphatic heterocycles. The highest BCUT2D eigenvalue weighted by molar-refractivity contribution is 5.89. The van der Waals surface area contributed by atoms with Crippen molar-refractivity contribution in [1.29, 1.82) is 0 Å². The standard InChI is InChI=1S/C21H33NO3/c1-4-7-14-22(15-8-5-2)16-9-18-24-20-12-10-19(11-13-20)21(23)25-17-6-3/h6,10-13H,3-5,7-9,14-18H2,1-2H3. The fraction of sp³-hybridized carbons (Fsp3) is 0.571. The zero-order valence-electron chi connectivity index (χ0n) is 15.8. The van der Waals surface area contributed by atoms with Crippen LogP contribution in [0.25, 0.3) is 0 Å². The van der Waals surface area contributed by atoms with Gasteiger partial charge in [0.15, 0.2) is 0 Å². The van der Waals surface area contributed by atoms with Gasteiger partial charge in [0.1, 0.15) is 12.4 Å². The van der Waals surface area contributed by atoms with Crippen molar-refractivity contribution < 1.29 is 14.3 Å². The third-order valence-corrected chi connectivity index (χ3v) is 3.97. The lowest BCUT2D eigenvalue weighted by Gasteiger charge is -2.21. The molecule has 25 heavy (non-hydrogen) atoms. The van der Waals surface area contributed by atoms with Gasteiger partial charge in [0.2, 0.25) is 0 Å². The first kappa shape index (κ1) is 21.2. The first-order chi connectivity index (χ1) is 12.2. The maximum Gasteiger partial charge on any atom is 0.338 e. The predicted octanol–water partition coefficient (Wildman–Crippen LogP) is 4.70. The molecule has 1 aromatic rings. The number of nitrogens with zero attached hydrogens (tertiary/aromatic N) is 1. The minimum absolute atomic E-state index is 0.226. The van der Waals surface area contributed by atoms with E-state index in [0.717, 1.165) is 18.7 Å². The Morgan fingerprint density at radius 1 is 1.04 bits per heavy atom. The molecule has 0 aliphatic rings. The molecule has 0 spiro atoms. The topological polar surface area (TPSA) is 38.8 Å². The van der Waals surface area contributed by atoms with Crippen molar-refractivity contribution in [3.05, 3.63) is 42.5 Å². The fourth-order valence-electron chi connectivity index (χ4n) is 2.48. The maximum absolute atomic E-state index is 11.7. The van der Waals surface area contributed by atoms with E-state index in [0.29, 0.717) is 12.2 Å². The second kappa shape index (κ2) is 13.5. The number of hydrogen-bond acceptors (Lipinski definition) is 4. The molecule has 0 N–H and O–H groups in total. The summed E-state index contributed by atoms with van der Waals surface area (Å²) in [6, 6.07) is 7.10. The van der Waals surface area contributed by atoms with Crippen molar-refractivity contribution >= 4 is 5.97 Å². The van der Waals surface area contributed by atoms with Gasteiger partial charge in [-0.3, -0.25) is 0 Å². The Morgan fingerprint density at radius 3 is 2.20 bits per heavy atom. The summed E-state index contributed by atoms with van der Waals surface area (Å²) >= 11 is 0. The van der Waals surface area contributed by atoms with Gasteiger partial charge >= 0.3 is 5.97 Å². The van der Waals surface area contributed by atoms with Crippen molar-refractivity contribution in [2.75, 3.05) is 32.8 Å². The zero-order chi connectivity index (χ0) is 18.3. The van der Waals surface area contributed by atoms with Gasteiger partial charge in [0.05, 0.1) is 12.2 Å². The summed E-state index contributed by atoms with van der Waals surface area (Å²) in [5.74, 6) is 0.447. The number of hydrogen-bond donors (Lipinski definition) is 0. The molecule has 1 rings (SSSR count). The largest absolute Gasteiger partial charge is 0.494 e. The minimum atomic E-state index is -0.339. The third-order valence-electron chi connectivity index (χ3n) is 3.97. The molecule has 0 fully saturated rings. The van der Waals surface area contributed by atoms with E-state index in [9.17, 15) is 4.79 Å². The van der Waals surface area contributed by atoms with Gasteiger partial charge in [-0.25, -0.2) is 4.79 Å². The Kier molecular flexibility index (Phi) is 11.4. The van der Waals surface area contributed by atoms with Gasteiger partial charge in [-0.1, -0.05) is 39.3 Å². The van der Waals surface area contributed by atoms with Gasteiger partial charge in [0.25, 0.3) is 0 Å².